The van der Waals surface area contributed by atoms with Crippen molar-refractivity contribution in [2.75, 3.05) is 0 Å². The summed E-state index contributed by atoms with van der Waals surface area (Å²) in [6, 6.07) is 0. The van der Waals surface area contributed by atoms with Crippen LogP contribution in [0, 0.1) is 0 Å². The molecule has 0 fully saturated rings. The van der Waals surface area contributed by atoms with E-state index in [1.165, 1.54) is 0 Å². The topological polar surface area (TPSA) is 54.4 Å². The van der Waals surface area contributed by atoms with E-state index in [4.69, 9.17) is 11.4 Å². The second-order valence-corrected chi connectivity index (χ2v) is 0.981. The molecule has 0 amide bonds. The van der Waals surface area contributed by atoms with Crippen LogP contribution < -0.4 is 0 Å². The minimum absolute atomic E-state index is 0. The van der Waals surface area contributed by atoms with Crippen molar-refractivity contribution in [3.8, 4) is 0 Å². The van der Waals surface area contributed by atoms with Gasteiger partial charge in [0.15, 0.2) is 0 Å². The molecule has 0 aromatic rings. The van der Waals surface area contributed by atoms with Gasteiger partial charge in [-0.25, -0.2) is 0 Å². The first kappa shape index (κ1) is 22.4. The molecule has 0 spiro atoms. The van der Waals surface area contributed by atoms with Gasteiger partial charge in [0.2, 0.25) is 0 Å². The van der Waals surface area contributed by atoms with Gasteiger partial charge in [0.05, 0.1) is 0 Å². The van der Waals surface area contributed by atoms with Crippen molar-refractivity contribution >= 4 is 75.5 Å². The molecule has 0 saturated heterocycles. The molecule has 1 radical (unpaired) electrons. The van der Waals surface area contributed by atoms with E-state index in [9.17, 15) is 0 Å². The van der Waals surface area contributed by atoms with E-state index < -0.39 is 15.4 Å². The van der Waals surface area contributed by atoms with Crippen LogP contribution in [0.15, 0.2) is 0 Å². The first-order valence-electron chi connectivity index (χ1n) is 0.565. The molecule has 0 aliphatic rings. The van der Waals surface area contributed by atoms with Crippen LogP contribution in [0.25, 0.3) is 0 Å². The van der Waals surface area contributed by atoms with E-state index in [1.807, 2.05) is 0 Å². The summed E-state index contributed by atoms with van der Waals surface area (Å²) in [6.07, 6.45) is 0. The second kappa shape index (κ2) is 16.4. The van der Waals surface area contributed by atoms with E-state index in [0.717, 1.165) is 0 Å². The Balaban J connectivity index is -0.0000000150. The van der Waals surface area contributed by atoms with Crippen molar-refractivity contribution in [1.82, 2.24) is 0 Å². The Morgan fingerprint density at radius 2 is 1.14 bits per heavy atom. The van der Waals surface area contributed by atoms with Crippen molar-refractivity contribution in [2.24, 2.45) is 0 Å². The molecule has 0 aliphatic heterocycles. The van der Waals surface area contributed by atoms with Gasteiger partial charge in [0.25, 0.3) is 0 Å². The van der Waals surface area contributed by atoms with Crippen LogP contribution in [-0.4, -0.2) is 79.5 Å². The van der Waals surface area contributed by atoms with Gasteiger partial charge in [-0.05, 0) is 0 Å². The van der Waals surface area contributed by atoms with E-state index in [1.54, 1.807) is 0 Å². The van der Waals surface area contributed by atoms with Gasteiger partial charge in [-0.1, -0.05) is 0 Å². The van der Waals surface area contributed by atoms with Crippen LogP contribution in [0.2, 0.25) is 0 Å². The van der Waals surface area contributed by atoms with Crippen LogP contribution >= 0.6 is 0 Å². The van der Waals surface area contributed by atoms with Crippen molar-refractivity contribution in [3.63, 3.8) is 0 Å². The van der Waals surface area contributed by atoms with E-state index in [0.29, 0.717) is 0 Å². The van der Waals surface area contributed by atoms with Gasteiger partial charge in [-0.3, -0.25) is 0 Å². The molecule has 0 bridgehead atoms. The maximum atomic E-state index is 8.67. The Kier molecular flexibility index (Phi) is 52.5. The van der Waals surface area contributed by atoms with Crippen molar-refractivity contribution in [3.05, 3.63) is 0 Å². The van der Waals surface area contributed by atoms with Crippen LogP contribution in [0.3, 0.4) is 0 Å². The number of hydrogen-bond acceptors (Lipinski definition) is 2. The molecular weight excluding hydrogens is 268 g/mol. The molecule has 0 aromatic carbocycles. The molecule has 7 heteroatoms. The van der Waals surface area contributed by atoms with Gasteiger partial charge in [0.1, 0.15) is 0 Å². The van der Waals surface area contributed by atoms with Gasteiger partial charge >= 0.3 is 102 Å². The van der Waals surface area contributed by atoms with E-state index in [2.05, 4.69) is 0 Å². The van der Waals surface area contributed by atoms with Crippen LogP contribution in [0.5, 0.6) is 0 Å². The minimum atomic E-state index is -3.69. The third-order valence-corrected chi connectivity index (χ3v) is 0. The molecule has 3 nitrogen and oxygen atoms in total. The van der Waals surface area contributed by atoms with Crippen molar-refractivity contribution < 1.29 is 59.5 Å². The molecule has 0 heterocycles. The first-order valence-corrected chi connectivity index (χ1v) is 2.33. The Hall–Kier alpha value is 3.77. The summed E-state index contributed by atoms with van der Waals surface area (Å²) >= 11 is -3.69. The summed E-state index contributed by atoms with van der Waals surface area (Å²) in [6.45, 7) is 0. The number of hydrogen-bond donors (Lipinski definition) is 1. The Labute approximate surface area is 131 Å². The third-order valence-electron chi connectivity index (χ3n) is 0. The molecule has 0 atom stereocenters. The van der Waals surface area contributed by atoms with Crippen LogP contribution in [0.4, 0.5) is 0 Å². The second-order valence-electron chi connectivity index (χ2n) is 0.238. The minimum Gasteiger partial charge on any atom is 0 e. The van der Waals surface area contributed by atoms with E-state index >= 15 is 0 Å². The molecule has 0 saturated carbocycles. The third kappa shape index (κ3) is 41.5. The maximum Gasteiger partial charge on any atom is 0 e. The van der Waals surface area contributed by atoms with Crippen molar-refractivity contribution in [2.45, 2.75) is 0 Å². The van der Waals surface area contributed by atoms with Gasteiger partial charge in [-0.15, -0.1) is 0 Å². The fraction of sp³-hybridized carbons (Fsp3) is 0. The van der Waals surface area contributed by atoms with Crippen LogP contribution in [0.1, 0.15) is 0 Å². The SMILES string of the molecule is [CaH2].[CaH2].[O]=[V](=[O])[OH].[Y]. The first-order chi connectivity index (χ1) is 1.73. The zero-order valence-corrected chi connectivity index (χ0v) is 6.52. The standard InChI is InChI=1S/2Ca.H2O.2O.V.Y.4H/h;;1H2;;;;;;;;/q;;;;;+1;;;;;/p-1. The summed E-state index contributed by atoms with van der Waals surface area (Å²) in [5.74, 6) is 0. The van der Waals surface area contributed by atoms with E-state index in [-0.39, 0.29) is 108 Å². The number of rotatable bonds is 0. The van der Waals surface area contributed by atoms with Gasteiger partial charge in [-0.2, -0.15) is 0 Å². The largest absolute Gasteiger partial charge is 0 e. The van der Waals surface area contributed by atoms with Crippen LogP contribution in [-0.2, 0) is 55.5 Å². The summed E-state index contributed by atoms with van der Waals surface area (Å²) in [4.78, 5) is 0. The fourth-order valence-electron chi connectivity index (χ4n) is 0. The fourth-order valence-corrected chi connectivity index (χ4v) is 0. The predicted molar refractivity (Wildman–Crippen MR) is 20.7 cm³/mol. The summed E-state index contributed by atoms with van der Waals surface area (Å²) < 4.78 is 24.4. The molecule has 7 heavy (non-hydrogen) atoms. The monoisotopic (exact) mass is 273 g/mol. The molecule has 0 rings (SSSR count). The predicted octanol–water partition coefficient (Wildman–Crippen LogP) is -2.63. The molecule has 0 aromatic heterocycles. The average molecular weight is 273 g/mol. The van der Waals surface area contributed by atoms with Gasteiger partial charge in [0, 0.05) is 32.7 Å². The molecule has 0 unspecified atom stereocenters. The average Bonchev–Trinajstić information content (AvgIpc) is 0.811. The molecule has 35 valence electrons. The maximum absolute atomic E-state index is 8.67. The Morgan fingerprint density at radius 3 is 1.14 bits per heavy atom. The summed E-state index contributed by atoms with van der Waals surface area (Å²) in [5, 5.41) is 0. The zero-order valence-electron chi connectivity index (χ0n) is 2.29. The molecule has 1 N–H and O–H groups in total. The summed E-state index contributed by atoms with van der Waals surface area (Å²) in [5.41, 5.74) is 0. The smallest absolute Gasteiger partial charge is 0 e. The Morgan fingerprint density at radius 1 is 1.14 bits per heavy atom. The molecule has 0 aliphatic carbocycles. The molecular formula is H5Ca2O3VY. The quantitative estimate of drug-likeness (QED) is 0.491. The van der Waals surface area contributed by atoms with Gasteiger partial charge < -0.3 is 0 Å². The normalized spacial score (nSPS) is 3.57. The zero-order chi connectivity index (χ0) is 3.58. The summed E-state index contributed by atoms with van der Waals surface area (Å²) in [7, 11) is 0. The Bertz CT molecular complexity index is 61.3. The van der Waals surface area contributed by atoms with Crippen molar-refractivity contribution in [1.29, 1.82) is 0 Å².